The van der Waals surface area contributed by atoms with Crippen LogP contribution in [0.4, 0.5) is 0 Å². The third-order valence-electron chi connectivity index (χ3n) is 5.45. The highest BCUT2D eigenvalue weighted by molar-refractivity contribution is 14.0. The summed E-state index contributed by atoms with van der Waals surface area (Å²) in [5.74, 6) is 0.938. The third kappa shape index (κ3) is 6.67. The number of nitrogens with zero attached hydrogens (tertiary/aromatic N) is 2. The molecule has 2 fully saturated rings. The molecular weight excluding hydrogens is 415 g/mol. The van der Waals surface area contributed by atoms with Crippen molar-refractivity contribution in [3.63, 3.8) is 0 Å². The molecule has 0 bridgehead atoms. The molecule has 142 valence electrons. The van der Waals surface area contributed by atoms with Crippen LogP contribution in [-0.2, 0) is 4.74 Å². The highest BCUT2D eigenvalue weighted by Gasteiger charge is 2.36. The number of halogens is 1. The molecule has 5 nitrogen and oxygen atoms in total. The van der Waals surface area contributed by atoms with Gasteiger partial charge in [-0.1, -0.05) is 6.42 Å². The van der Waals surface area contributed by atoms with Crippen molar-refractivity contribution in [2.45, 2.75) is 64.5 Å². The van der Waals surface area contributed by atoms with E-state index in [-0.39, 0.29) is 24.0 Å². The lowest BCUT2D eigenvalue weighted by Crippen LogP contribution is -2.48. The summed E-state index contributed by atoms with van der Waals surface area (Å²) in [7, 11) is 3.65. The Bertz CT molecular complexity index is 379. The quantitative estimate of drug-likeness (QED) is 0.304. The Morgan fingerprint density at radius 1 is 1.29 bits per heavy atom. The minimum absolute atomic E-state index is 0. The average Bonchev–Trinajstić information content (AvgIpc) is 3.32. The number of hydrogen-bond acceptors (Lipinski definition) is 3. The lowest BCUT2D eigenvalue weighted by atomic mass is 9.67. The second-order valence-electron chi connectivity index (χ2n) is 7.51. The van der Waals surface area contributed by atoms with Crippen LogP contribution in [0.25, 0.3) is 0 Å². The topological polar surface area (TPSA) is 48.9 Å². The Labute approximate surface area is 165 Å². The van der Waals surface area contributed by atoms with Crippen LogP contribution in [0, 0.1) is 5.41 Å². The Kier molecular flexibility index (Phi) is 9.89. The van der Waals surface area contributed by atoms with Gasteiger partial charge in [-0.05, 0) is 51.4 Å². The van der Waals surface area contributed by atoms with Crippen molar-refractivity contribution >= 4 is 29.9 Å². The van der Waals surface area contributed by atoms with Gasteiger partial charge in [0.05, 0.1) is 0 Å². The Balaban J connectivity index is 0.00000288. The summed E-state index contributed by atoms with van der Waals surface area (Å²) in [5.41, 5.74) is 0.422. The number of hydrogen-bond donors (Lipinski definition) is 2. The van der Waals surface area contributed by atoms with E-state index >= 15 is 0 Å². The van der Waals surface area contributed by atoms with E-state index in [1.807, 2.05) is 7.05 Å². The fraction of sp³-hybridized carbons (Fsp3) is 0.944. The van der Waals surface area contributed by atoms with Gasteiger partial charge in [-0.25, -0.2) is 0 Å². The molecule has 0 aromatic heterocycles. The van der Waals surface area contributed by atoms with Crippen LogP contribution in [0.5, 0.6) is 0 Å². The second kappa shape index (κ2) is 10.8. The summed E-state index contributed by atoms with van der Waals surface area (Å²) in [6, 6.07) is 1.45. The molecule has 0 heterocycles. The van der Waals surface area contributed by atoms with Crippen molar-refractivity contribution in [2.75, 3.05) is 40.4 Å². The van der Waals surface area contributed by atoms with Crippen LogP contribution >= 0.6 is 24.0 Å². The van der Waals surface area contributed by atoms with E-state index < -0.39 is 0 Å². The number of methoxy groups -OCH3 is 1. The maximum absolute atomic E-state index is 5.27. The zero-order valence-corrected chi connectivity index (χ0v) is 18.3. The summed E-state index contributed by atoms with van der Waals surface area (Å²) in [4.78, 5) is 6.98. The maximum Gasteiger partial charge on any atom is 0.191 e. The lowest BCUT2D eigenvalue weighted by molar-refractivity contribution is 0.0732. The van der Waals surface area contributed by atoms with E-state index in [0.717, 1.165) is 44.7 Å². The molecule has 0 aromatic carbocycles. The first-order chi connectivity index (χ1) is 11.1. The van der Waals surface area contributed by atoms with Gasteiger partial charge in [-0.2, -0.15) is 0 Å². The van der Waals surface area contributed by atoms with Gasteiger partial charge < -0.3 is 15.4 Å². The smallest absolute Gasteiger partial charge is 0.191 e. The molecule has 0 spiro atoms. The minimum Gasteiger partial charge on any atom is -0.385 e. The van der Waals surface area contributed by atoms with Crippen molar-refractivity contribution in [3.8, 4) is 0 Å². The van der Waals surface area contributed by atoms with E-state index in [2.05, 4.69) is 34.4 Å². The summed E-state index contributed by atoms with van der Waals surface area (Å²) < 4.78 is 5.27. The molecule has 2 rings (SSSR count). The Morgan fingerprint density at radius 3 is 2.46 bits per heavy atom. The fourth-order valence-corrected chi connectivity index (χ4v) is 3.57. The molecule has 0 radical (unpaired) electrons. The van der Waals surface area contributed by atoms with E-state index in [1.165, 1.54) is 32.1 Å². The molecule has 2 aliphatic rings. The largest absolute Gasteiger partial charge is 0.385 e. The van der Waals surface area contributed by atoms with Crippen LogP contribution in [0.3, 0.4) is 0 Å². The maximum atomic E-state index is 5.27. The van der Waals surface area contributed by atoms with Gasteiger partial charge >= 0.3 is 0 Å². The van der Waals surface area contributed by atoms with Gasteiger partial charge in [0, 0.05) is 52.5 Å². The fourth-order valence-electron chi connectivity index (χ4n) is 3.57. The monoisotopic (exact) mass is 452 g/mol. The first-order valence-corrected chi connectivity index (χ1v) is 9.29. The highest BCUT2D eigenvalue weighted by atomic mass is 127. The molecule has 24 heavy (non-hydrogen) atoms. The van der Waals surface area contributed by atoms with Crippen molar-refractivity contribution in [1.29, 1.82) is 0 Å². The first kappa shape index (κ1) is 22.0. The van der Waals surface area contributed by atoms with E-state index in [0.29, 0.717) is 11.5 Å². The van der Waals surface area contributed by atoms with E-state index in [9.17, 15) is 0 Å². The van der Waals surface area contributed by atoms with Gasteiger partial charge in [-0.3, -0.25) is 9.89 Å². The van der Waals surface area contributed by atoms with Gasteiger partial charge in [0.15, 0.2) is 5.96 Å². The molecule has 0 atom stereocenters. The Morgan fingerprint density at radius 2 is 2.00 bits per heavy atom. The van der Waals surface area contributed by atoms with Crippen molar-refractivity contribution < 1.29 is 4.74 Å². The number of aliphatic imine (C=N–C) groups is 1. The summed E-state index contributed by atoms with van der Waals surface area (Å²) in [6.07, 6.45) is 7.85. The minimum atomic E-state index is 0. The molecule has 0 saturated heterocycles. The van der Waals surface area contributed by atoms with E-state index in [4.69, 9.17) is 4.74 Å². The van der Waals surface area contributed by atoms with Gasteiger partial charge in [0.2, 0.25) is 0 Å². The average molecular weight is 452 g/mol. The zero-order valence-electron chi connectivity index (χ0n) is 15.9. The van der Waals surface area contributed by atoms with E-state index in [1.54, 1.807) is 7.11 Å². The predicted octanol–water partition coefficient (Wildman–Crippen LogP) is 2.85. The number of nitrogens with one attached hydrogen (secondary N) is 2. The van der Waals surface area contributed by atoms with Crippen LogP contribution < -0.4 is 10.6 Å². The van der Waals surface area contributed by atoms with Crippen LogP contribution in [0.15, 0.2) is 4.99 Å². The molecule has 2 saturated carbocycles. The molecule has 0 unspecified atom stereocenters. The van der Waals surface area contributed by atoms with Crippen molar-refractivity contribution in [2.24, 2.45) is 10.4 Å². The van der Waals surface area contributed by atoms with Crippen LogP contribution in [-0.4, -0.2) is 63.3 Å². The molecular formula is C18H37IN4O. The van der Waals surface area contributed by atoms with Gasteiger partial charge in [0.25, 0.3) is 0 Å². The molecule has 0 amide bonds. The summed E-state index contributed by atoms with van der Waals surface area (Å²) in [6.45, 7) is 8.51. The van der Waals surface area contributed by atoms with Gasteiger partial charge in [-0.15, -0.1) is 24.0 Å². The van der Waals surface area contributed by atoms with Crippen molar-refractivity contribution in [1.82, 2.24) is 15.5 Å². The zero-order chi connectivity index (χ0) is 16.7. The Hall–Kier alpha value is -0.0800. The second-order valence-corrected chi connectivity index (χ2v) is 7.51. The molecule has 0 aliphatic heterocycles. The van der Waals surface area contributed by atoms with Crippen LogP contribution in [0.2, 0.25) is 0 Å². The third-order valence-corrected chi connectivity index (χ3v) is 5.45. The molecule has 0 aromatic rings. The number of rotatable bonds is 10. The summed E-state index contributed by atoms with van der Waals surface area (Å²) >= 11 is 0. The SMILES string of the molecule is CN=C(NCCN(C(C)C)C1CC1)NCC1(CCOC)CCC1.I. The number of guanidine groups is 1. The summed E-state index contributed by atoms with van der Waals surface area (Å²) in [5, 5.41) is 7.01. The molecule has 2 aliphatic carbocycles. The normalized spacial score (nSPS) is 19.8. The first-order valence-electron chi connectivity index (χ1n) is 9.29. The lowest BCUT2D eigenvalue weighted by Gasteiger charge is -2.42. The standard InChI is InChI=1S/C18H36N4O.HI/c1-15(2)22(16-6-7-16)12-11-20-17(19-3)21-14-18(8-5-9-18)10-13-23-4;/h15-16H,5-14H2,1-4H3,(H2,19,20,21);1H. The molecule has 6 heteroatoms. The molecule has 2 N–H and O–H groups in total. The van der Waals surface area contributed by atoms with Crippen molar-refractivity contribution in [3.05, 3.63) is 0 Å². The highest BCUT2D eigenvalue weighted by Crippen LogP contribution is 2.43. The predicted molar refractivity (Wildman–Crippen MR) is 112 cm³/mol. The van der Waals surface area contributed by atoms with Crippen LogP contribution in [0.1, 0.15) is 52.4 Å². The van der Waals surface area contributed by atoms with Gasteiger partial charge in [0.1, 0.15) is 0 Å². The number of ether oxygens (including phenoxy) is 1.